The molecule has 24 heavy (non-hydrogen) atoms. The lowest BCUT2D eigenvalue weighted by molar-refractivity contribution is 0.145. The minimum absolute atomic E-state index is 0. The summed E-state index contributed by atoms with van der Waals surface area (Å²) in [6.45, 7) is 1.68. The van der Waals surface area contributed by atoms with Crippen LogP contribution in [-0.2, 0) is 12.8 Å². The van der Waals surface area contributed by atoms with Crippen LogP contribution in [-0.4, -0.2) is 19.0 Å². The SMILES string of the molecule is I.NC(=NCC1(Cc2ccccc2)CCC1)NCCc1cccs1. The first kappa shape index (κ1) is 19.2. The number of benzene rings is 1. The van der Waals surface area contributed by atoms with E-state index >= 15 is 0 Å². The van der Waals surface area contributed by atoms with E-state index in [4.69, 9.17) is 5.73 Å². The Hall–Kier alpha value is -1.08. The second-order valence-corrected chi connectivity index (χ2v) is 7.51. The minimum Gasteiger partial charge on any atom is -0.370 e. The van der Waals surface area contributed by atoms with Gasteiger partial charge in [0, 0.05) is 18.0 Å². The van der Waals surface area contributed by atoms with Gasteiger partial charge in [-0.2, -0.15) is 0 Å². The Labute approximate surface area is 165 Å². The highest BCUT2D eigenvalue weighted by Crippen LogP contribution is 2.43. The Morgan fingerprint density at radius 2 is 1.96 bits per heavy atom. The Bertz CT molecular complexity index is 621. The fraction of sp³-hybridized carbons (Fsp3) is 0.421. The van der Waals surface area contributed by atoms with E-state index in [1.54, 1.807) is 11.3 Å². The summed E-state index contributed by atoms with van der Waals surface area (Å²) in [6, 6.07) is 15.0. The normalized spacial score (nSPS) is 16.1. The van der Waals surface area contributed by atoms with Crippen LogP contribution >= 0.6 is 35.3 Å². The van der Waals surface area contributed by atoms with E-state index in [-0.39, 0.29) is 24.0 Å². The number of hydrogen-bond acceptors (Lipinski definition) is 2. The van der Waals surface area contributed by atoms with E-state index in [0.717, 1.165) is 25.9 Å². The van der Waals surface area contributed by atoms with E-state index in [1.807, 2.05) is 0 Å². The highest BCUT2D eigenvalue weighted by molar-refractivity contribution is 14.0. The van der Waals surface area contributed by atoms with Crippen molar-refractivity contribution in [1.29, 1.82) is 0 Å². The van der Waals surface area contributed by atoms with Crippen LogP contribution in [0, 0.1) is 5.41 Å². The Balaban J connectivity index is 0.00000208. The number of nitrogens with one attached hydrogen (secondary N) is 1. The number of halogens is 1. The Morgan fingerprint density at radius 3 is 2.58 bits per heavy atom. The third kappa shape index (κ3) is 5.48. The molecule has 0 unspecified atom stereocenters. The summed E-state index contributed by atoms with van der Waals surface area (Å²) in [6.07, 6.45) is 5.94. The van der Waals surface area contributed by atoms with Gasteiger partial charge in [0.2, 0.25) is 0 Å². The van der Waals surface area contributed by atoms with Gasteiger partial charge in [0.1, 0.15) is 0 Å². The van der Waals surface area contributed by atoms with Crippen LogP contribution in [0.2, 0.25) is 0 Å². The van der Waals surface area contributed by atoms with E-state index in [9.17, 15) is 0 Å². The molecule has 0 aliphatic heterocycles. The monoisotopic (exact) mass is 455 g/mol. The summed E-state index contributed by atoms with van der Waals surface area (Å²) in [5.74, 6) is 0.584. The van der Waals surface area contributed by atoms with Crippen molar-refractivity contribution in [3.63, 3.8) is 0 Å². The Morgan fingerprint density at radius 1 is 1.17 bits per heavy atom. The van der Waals surface area contributed by atoms with Crippen molar-refractivity contribution >= 4 is 41.3 Å². The van der Waals surface area contributed by atoms with Crippen LogP contribution in [0.25, 0.3) is 0 Å². The fourth-order valence-corrected chi connectivity index (χ4v) is 3.88. The molecule has 130 valence electrons. The van der Waals surface area contributed by atoms with E-state index in [0.29, 0.717) is 11.4 Å². The van der Waals surface area contributed by atoms with Crippen molar-refractivity contribution in [1.82, 2.24) is 5.32 Å². The standard InChI is InChI=1S/C19H25N3S.HI/c20-18(21-12-9-17-8-4-13-23-17)22-15-19(10-5-11-19)14-16-6-2-1-3-7-16;/h1-4,6-8,13H,5,9-12,14-15H2,(H3,20,21,22);1H. The van der Waals surface area contributed by atoms with E-state index < -0.39 is 0 Å². The molecule has 3 nitrogen and oxygen atoms in total. The van der Waals surface area contributed by atoms with Crippen LogP contribution in [0.3, 0.4) is 0 Å². The number of rotatable bonds is 7. The molecule has 0 atom stereocenters. The Kier molecular flexibility index (Phi) is 7.55. The molecule has 1 fully saturated rings. The minimum atomic E-state index is 0. The molecule has 5 heteroatoms. The van der Waals surface area contributed by atoms with Crippen molar-refractivity contribution < 1.29 is 0 Å². The molecule has 1 aromatic carbocycles. The molecule has 1 saturated carbocycles. The maximum Gasteiger partial charge on any atom is 0.188 e. The van der Waals surface area contributed by atoms with Gasteiger partial charge >= 0.3 is 0 Å². The molecule has 0 radical (unpaired) electrons. The average molecular weight is 455 g/mol. The van der Waals surface area contributed by atoms with Crippen molar-refractivity contribution in [3.8, 4) is 0 Å². The number of nitrogens with zero attached hydrogens (tertiary/aromatic N) is 1. The number of aliphatic imine (C=N–C) groups is 1. The molecular weight excluding hydrogens is 429 g/mol. The van der Waals surface area contributed by atoms with Crippen molar-refractivity contribution in [2.75, 3.05) is 13.1 Å². The van der Waals surface area contributed by atoms with Gasteiger partial charge in [-0.05, 0) is 48.1 Å². The lowest BCUT2D eigenvalue weighted by Gasteiger charge is -2.41. The van der Waals surface area contributed by atoms with Crippen LogP contribution in [0.5, 0.6) is 0 Å². The molecule has 2 aromatic rings. The summed E-state index contributed by atoms with van der Waals surface area (Å²) in [7, 11) is 0. The van der Waals surface area contributed by atoms with Gasteiger partial charge < -0.3 is 11.1 Å². The van der Waals surface area contributed by atoms with Gasteiger partial charge in [0.25, 0.3) is 0 Å². The van der Waals surface area contributed by atoms with Gasteiger partial charge in [0.05, 0.1) is 0 Å². The fourth-order valence-electron chi connectivity index (χ4n) is 3.17. The van der Waals surface area contributed by atoms with Crippen LogP contribution < -0.4 is 11.1 Å². The summed E-state index contributed by atoms with van der Waals surface area (Å²) < 4.78 is 0. The third-order valence-electron chi connectivity index (χ3n) is 4.68. The zero-order chi connectivity index (χ0) is 16.0. The average Bonchev–Trinajstić information content (AvgIpc) is 3.04. The van der Waals surface area contributed by atoms with Crippen LogP contribution in [0.4, 0.5) is 0 Å². The van der Waals surface area contributed by atoms with E-state index in [2.05, 4.69) is 58.2 Å². The third-order valence-corrected chi connectivity index (χ3v) is 5.61. The number of hydrogen-bond donors (Lipinski definition) is 2. The summed E-state index contributed by atoms with van der Waals surface area (Å²) >= 11 is 1.79. The maximum absolute atomic E-state index is 6.03. The predicted octanol–water partition coefficient (Wildman–Crippen LogP) is 4.23. The maximum atomic E-state index is 6.03. The summed E-state index contributed by atoms with van der Waals surface area (Å²) in [5, 5.41) is 5.35. The molecule has 0 spiro atoms. The molecule has 3 rings (SSSR count). The molecule has 0 saturated heterocycles. The lowest BCUT2D eigenvalue weighted by Crippen LogP contribution is -2.38. The number of guanidine groups is 1. The second kappa shape index (κ2) is 9.42. The number of thiophene rings is 1. The van der Waals surface area contributed by atoms with Gasteiger partial charge in [-0.25, -0.2) is 0 Å². The zero-order valence-electron chi connectivity index (χ0n) is 13.9. The first-order valence-electron chi connectivity index (χ1n) is 8.36. The molecule has 1 aliphatic carbocycles. The molecule has 3 N–H and O–H groups in total. The lowest BCUT2D eigenvalue weighted by atomic mass is 9.65. The van der Waals surface area contributed by atoms with Gasteiger partial charge in [-0.1, -0.05) is 42.8 Å². The zero-order valence-corrected chi connectivity index (χ0v) is 17.1. The first-order valence-corrected chi connectivity index (χ1v) is 9.24. The molecule has 1 heterocycles. The van der Waals surface area contributed by atoms with E-state index in [1.165, 1.54) is 29.7 Å². The van der Waals surface area contributed by atoms with Gasteiger partial charge in [-0.3, -0.25) is 4.99 Å². The van der Waals surface area contributed by atoms with Gasteiger partial charge in [0.15, 0.2) is 5.96 Å². The molecular formula is C19H26IN3S. The molecule has 0 amide bonds. The molecule has 1 aliphatic rings. The second-order valence-electron chi connectivity index (χ2n) is 6.47. The van der Waals surface area contributed by atoms with Crippen molar-refractivity contribution in [3.05, 3.63) is 58.3 Å². The van der Waals surface area contributed by atoms with Crippen molar-refractivity contribution in [2.45, 2.75) is 32.1 Å². The largest absolute Gasteiger partial charge is 0.370 e. The summed E-state index contributed by atoms with van der Waals surface area (Å²) in [4.78, 5) is 6.00. The molecule has 0 bridgehead atoms. The topological polar surface area (TPSA) is 50.4 Å². The summed E-state index contributed by atoms with van der Waals surface area (Å²) in [5.41, 5.74) is 7.76. The number of nitrogens with two attached hydrogens (primary N) is 1. The first-order chi connectivity index (χ1) is 11.3. The predicted molar refractivity (Wildman–Crippen MR) is 114 cm³/mol. The highest BCUT2D eigenvalue weighted by Gasteiger charge is 2.36. The van der Waals surface area contributed by atoms with Crippen molar-refractivity contribution in [2.24, 2.45) is 16.1 Å². The van der Waals surface area contributed by atoms with Gasteiger partial charge in [-0.15, -0.1) is 35.3 Å². The van der Waals surface area contributed by atoms with Crippen LogP contribution in [0.1, 0.15) is 29.7 Å². The smallest absolute Gasteiger partial charge is 0.188 e. The van der Waals surface area contributed by atoms with Crippen LogP contribution in [0.15, 0.2) is 52.8 Å². The molecule has 1 aromatic heterocycles. The highest BCUT2D eigenvalue weighted by atomic mass is 127. The quantitative estimate of drug-likeness (QED) is 0.373.